The molecule has 0 spiro atoms. The lowest BCUT2D eigenvalue weighted by Crippen LogP contribution is -2.01. The van der Waals surface area contributed by atoms with E-state index in [4.69, 9.17) is 4.74 Å². The maximum atomic E-state index is 11.6. The quantitative estimate of drug-likeness (QED) is 0.618. The normalized spacial score (nSPS) is 10.6. The van der Waals surface area contributed by atoms with Crippen molar-refractivity contribution in [3.05, 3.63) is 65.7 Å². The Bertz CT molecular complexity index is 576. The van der Waals surface area contributed by atoms with Gasteiger partial charge in [-0.25, -0.2) is 4.79 Å². The van der Waals surface area contributed by atoms with Gasteiger partial charge < -0.3 is 4.74 Å². The van der Waals surface area contributed by atoms with Crippen LogP contribution in [0.2, 0.25) is 0 Å². The molecule has 0 saturated heterocycles. The van der Waals surface area contributed by atoms with Gasteiger partial charge in [-0.1, -0.05) is 42.5 Å². The molecule has 96 valence electrons. The summed E-state index contributed by atoms with van der Waals surface area (Å²) in [6.45, 7) is 0. The number of carbonyl (C=O) groups excluding carboxylic acids is 1. The summed E-state index contributed by atoms with van der Waals surface area (Å²) in [4.78, 5) is 15.9. The number of benzene rings is 2. The van der Waals surface area contributed by atoms with Crippen LogP contribution in [0.5, 0.6) is 0 Å². The van der Waals surface area contributed by atoms with Crippen molar-refractivity contribution < 1.29 is 9.53 Å². The van der Waals surface area contributed by atoms with Gasteiger partial charge in [-0.3, -0.25) is 4.99 Å². The molecule has 0 aromatic heterocycles. The van der Waals surface area contributed by atoms with Gasteiger partial charge in [0.25, 0.3) is 0 Å². The van der Waals surface area contributed by atoms with Gasteiger partial charge in [-0.05, 0) is 17.7 Å². The molecular weight excluding hydrogens is 238 g/mol. The van der Waals surface area contributed by atoms with Crippen molar-refractivity contribution in [1.82, 2.24) is 0 Å². The Morgan fingerprint density at radius 1 is 1.11 bits per heavy atom. The average Bonchev–Trinajstić information content (AvgIpc) is 2.48. The molecule has 0 N–H and O–H groups in total. The van der Waals surface area contributed by atoms with Crippen molar-refractivity contribution in [1.29, 1.82) is 0 Å². The monoisotopic (exact) mass is 253 g/mol. The number of hydrogen-bond acceptors (Lipinski definition) is 3. The minimum atomic E-state index is -0.368. The van der Waals surface area contributed by atoms with Crippen LogP contribution in [0, 0.1) is 0 Å². The van der Waals surface area contributed by atoms with Crippen molar-refractivity contribution in [2.24, 2.45) is 4.99 Å². The first-order valence-electron chi connectivity index (χ1n) is 6.05. The van der Waals surface area contributed by atoms with Crippen molar-refractivity contribution in [3.8, 4) is 0 Å². The number of nitrogens with zero attached hydrogens (tertiary/aromatic N) is 1. The van der Waals surface area contributed by atoms with E-state index < -0.39 is 0 Å². The first kappa shape index (κ1) is 13.0. The molecule has 0 bridgehead atoms. The summed E-state index contributed by atoms with van der Waals surface area (Å²) in [6, 6.07) is 17.2. The van der Waals surface area contributed by atoms with Gasteiger partial charge in [-0.15, -0.1) is 0 Å². The van der Waals surface area contributed by atoms with E-state index in [1.54, 1.807) is 24.4 Å². The Kier molecular flexibility index (Phi) is 4.45. The Morgan fingerprint density at radius 3 is 2.53 bits per heavy atom. The third kappa shape index (κ3) is 3.52. The van der Waals surface area contributed by atoms with Gasteiger partial charge in [0, 0.05) is 12.6 Å². The highest BCUT2D eigenvalue weighted by Gasteiger charge is 2.09. The van der Waals surface area contributed by atoms with E-state index >= 15 is 0 Å². The van der Waals surface area contributed by atoms with E-state index in [0.29, 0.717) is 11.3 Å². The van der Waals surface area contributed by atoms with Crippen molar-refractivity contribution >= 4 is 17.9 Å². The number of methoxy groups -OCH3 is 1. The minimum absolute atomic E-state index is 0.368. The zero-order valence-electron chi connectivity index (χ0n) is 10.7. The van der Waals surface area contributed by atoms with Gasteiger partial charge in [-0.2, -0.15) is 0 Å². The number of hydrogen-bond donors (Lipinski definition) is 0. The summed E-state index contributed by atoms with van der Waals surface area (Å²) in [5.74, 6) is -0.368. The lowest BCUT2D eigenvalue weighted by molar-refractivity contribution is 0.0602. The molecule has 3 heteroatoms. The lowest BCUT2D eigenvalue weighted by Gasteiger charge is -2.02. The van der Waals surface area contributed by atoms with E-state index in [1.165, 1.54) is 12.7 Å². The molecule has 0 unspecified atom stereocenters. The molecule has 0 aliphatic heterocycles. The molecule has 0 radical (unpaired) electrons. The second kappa shape index (κ2) is 6.50. The first-order chi connectivity index (χ1) is 9.31. The van der Waals surface area contributed by atoms with Crippen LogP contribution < -0.4 is 0 Å². The van der Waals surface area contributed by atoms with E-state index in [2.05, 4.69) is 4.99 Å². The average molecular weight is 253 g/mol. The van der Waals surface area contributed by atoms with Crippen LogP contribution >= 0.6 is 0 Å². The topological polar surface area (TPSA) is 38.7 Å². The van der Waals surface area contributed by atoms with Crippen LogP contribution in [0.4, 0.5) is 5.69 Å². The largest absolute Gasteiger partial charge is 0.465 e. The van der Waals surface area contributed by atoms with Crippen LogP contribution in [0.25, 0.3) is 0 Å². The molecule has 0 saturated carbocycles. The van der Waals surface area contributed by atoms with E-state index in [9.17, 15) is 4.79 Å². The third-order valence-electron chi connectivity index (χ3n) is 2.71. The van der Waals surface area contributed by atoms with Crippen LogP contribution in [0.15, 0.2) is 59.6 Å². The summed E-state index contributed by atoms with van der Waals surface area (Å²) < 4.78 is 4.73. The first-order valence-corrected chi connectivity index (χ1v) is 6.05. The fourth-order valence-corrected chi connectivity index (χ4v) is 1.73. The van der Waals surface area contributed by atoms with E-state index in [-0.39, 0.29) is 5.97 Å². The Labute approximate surface area is 112 Å². The van der Waals surface area contributed by atoms with Gasteiger partial charge in [0.05, 0.1) is 18.4 Å². The van der Waals surface area contributed by atoms with E-state index in [0.717, 1.165) is 6.42 Å². The molecule has 2 rings (SSSR count). The smallest absolute Gasteiger partial charge is 0.340 e. The maximum absolute atomic E-state index is 11.6. The summed E-state index contributed by atoms with van der Waals surface area (Å²) >= 11 is 0. The highest BCUT2D eigenvalue weighted by Crippen LogP contribution is 2.19. The zero-order chi connectivity index (χ0) is 13.5. The highest BCUT2D eigenvalue weighted by atomic mass is 16.5. The number of ether oxygens (including phenoxy) is 1. The summed E-state index contributed by atoms with van der Waals surface area (Å²) in [7, 11) is 1.37. The number of rotatable bonds is 4. The number of aliphatic imine (C=N–C) groups is 1. The molecule has 0 aliphatic rings. The van der Waals surface area contributed by atoms with Crippen molar-refractivity contribution in [2.75, 3.05) is 7.11 Å². The lowest BCUT2D eigenvalue weighted by atomic mass is 10.1. The third-order valence-corrected chi connectivity index (χ3v) is 2.71. The minimum Gasteiger partial charge on any atom is -0.465 e. The molecule has 0 aliphatic carbocycles. The molecule has 0 atom stereocenters. The molecule has 2 aromatic rings. The Morgan fingerprint density at radius 2 is 1.79 bits per heavy atom. The summed E-state index contributed by atoms with van der Waals surface area (Å²) in [5.41, 5.74) is 2.29. The number of para-hydroxylation sites is 1. The van der Waals surface area contributed by atoms with Crippen LogP contribution in [0.3, 0.4) is 0 Å². The molecule has 0 amide bonds. The zero-order valence-corrected chi connectivity index (χ0v) is 10.7. The second-order valence-electron chi connectivity index (χ2n) is 4.01. The second-order valence-corrected chi connectivity index (χ2v) is 4.01. The predicted octanol–water partition coefficient (Wildman–Crippen LogP) is 3.42. The van der Waals surface area contributed by atoms with Crippen molar-refractivity contribution in [3.63, 3.8) is 0 Å². The molecule has 0 fully saturated rings. The fourth-order valence-electron chi connectivity index (χ4n) is 1.73. The maximum Gasteiger partial charge on any atom is 0.340 e. The fraction of sp³-hybridized carbons (Fsp3) is 0.125. The molecule has 0 heterocycles. The Balaban J connectivity index is 2.13. The van der Waals surface area contributed by atoms with Crippen molar-refractivity contribution in [2.45, 2.75) is 6.42 Å². The van der Waals surface area contributed by atoms with E-state index in [1.807, 2.05) is 36.4 Å². The summed E-state index contributed by atoms with van der Waals surface area (Å²) in [5, 5.41) is 0. The van der Waals surface area contributed by atoms with Gasteiger partial charge >= 0.3 is 5.97 Å². The van der Waals surface area contributed by atoms with Crippen LogP contribution in [0.1, 0.15) is 15.9 Å². The molecule has 3 nitrogen and oxygen atoms in total. The van der Waals surface area contributed by atoms with Gasteiger partial charge in [0.2, 0.25) is 0 Å². The molecular formula is C16H15NO2. The predicted molar refractivity (Wildman–Crippen MR) is 76.1 cm³/mol. The highest BCUT2D eigenvalue weighted by molar-refractivity contribution is 5.95. The molecule has 19 heavy (non-hydrogen) atoms. The number of carbonyl (C=O) groups is 1. The molecule has 2 aromatic carbocycles. The van der Waals surface area contributed by atoms with Crippen LogP contribution in [-0.4, -0.2) is 19.3 Å². The summed E-state index contributed by atoms with van der Waals surface area (Å²) in [6.07, 6.45) is 2.54. The number of esters is 1. The SMILES string of the molecule is COC(=O)c1ccccc1/N=C/Cc1ccccc1. The Hall–Kier alpha value is -2.42. The van der Waals surface area contributed by atoms with Gasteiger partial charge in [0.1, 0.15) is 0 Å². The van der Waals surface area contributed by atoms with Gasteiger partial charge in [0.15, 0.2) is 0 Å². The standard InChI is InChI=1S/C16H15NO2/c1-19-16(18)14-9-5-6-10-15(14)17-12-11-13-7-3-2-4-8-13/h2-10,12H,11H2,1H3/b17-12+. The van der Waals surface area contributed by atoms with Crippen LogP contribution in [-0.2, 0) is 11.2 Å².